The molecule has 0 N–H and O–H groups in total. The number of para-hydroxylation sites is 1. The molecule has 0 spiro atoms. The smallest absolute Gasteiger partial charge is 0.430 e. The number of nitro benzene ring substituents is 1. The van der Waals surface area contributed by atoms with E-state index in [1.807, 2.05) is 0 Å². The highest BCUT2D eigenvalue weighted by Crippen LogP contribution is 2.17. The van der Waals surface area contributed by atoms with Crippen molar-refractivity contribution in [3.63, 3.8) is 0 Å². The quantitative estimate of drug-likeness (QED) is 0.454. The summed E-state index contributed by atoms with van der Waals surface area (Å²) in [6.45, 7) is 3.95. The van der Waals surface area contributed by atoms with Crippen molar-refractivity contribution in [2.75, 3.05) is 39.4 Å². The van der Waals surface area contributed by atoms with Gasteiger partial charge in [-0.25, -0.2) is 4.79 Å². The number of hydrogen-bond donors (Lipinski definition) is 0. The van der Waals surface area contributed by atoms with Crippen molar-refractivity contribution < 1.29 is 19.2 Å². The third-order valence-corrected chi connectivity index (χ3v) is 3.89. The van der Waals surface area contributed by atoms with Crippen molar-refractivity contribution in [2.45, 2.75) is 6.10 Å². The molecule has 0 bridgehead atoms. The minimum Gasteiger partial charge on any atom is -0.441 e. The molecule has 3 rings (SSSR count). The van der Waals surface area contributed by atoms with Crippen molar-refractivity contribution in [1.82, 2.24) is 9.91 Å². The first-order valence-electron chi connectivity index (χ1n) is 7.69. The summed E-state index contributed by atoms with van der Waals surface area (Å²) in [4.78, 5) is 24.6. The Hall–Kier alpha value is -2.52. The van der Waals surface area contributed by atoms with Crippen LogP contribution in [0.1, 0.15) is 5.56 Å². The predicted octanol–water partition coefficient (Wildman–Crippen LogP) is 1.08. The van der Waals surface area contributed by atoms with Crippen LogP contribution < -0.4 is 0 Å². The molecule has 2 heterocycles. The number of amides is 1. The molecule has 24 heavy (non-hydrogen) atoms. The number of carbonyl (C=O) groups excluding carboxylic acids is 1. The van der Waals surface area contributed by atoms with Gasteiger partial charge in [0.05, 0.1) is 36.5 Å². The highest BCUT2D eigenvalue weighted by atomic mass is 16.6. The average Bonchev–Trinajstić information content (AvgIpc) is 2.93. The first kappa shape index (κ1) is 16.3. The maximum atomic E-state index is 11.9. The van der Waals surface area contributed by atoms with E-state index in [2.05, 4.69) is 10.0 Å². The molecule has 0 aromatic heterocycles. The largest absolute Gasteiger partial charge is 0.441 e. The number of nitro groups is 1. The molecule has 9 heteroatoms. The van der Waals surface area contributed by atoms with Crippen LogP contribution in [-0.2, 0) is 9.47 Å². The Kier molecular flexibility index (Phi) is 5.02. The van der Waals surface area contributed by atoms with Crippen molar-refractivity contribution in [3.05, 3.63) is 39.9 Å². The van der Waals surface area contributed by atoms with Gasteiger partial charge in [0.1, 0.15) is 6.10 Å². The second-order valence-corrected chi connectivity index (χ2v) is 5.56. The summed E-state index contributed by atoms with van der Waals surface area (Å²) in [7, 11) is 0. The molecular weight excluding hydrogens is 316 g/mol. The molecule has 1 aromatic rings. The maximum Gasteiger partial charge on any atom is 0.430 e. The summed E-state index contributed by atoms with van der Waals surface area (Å²) in [6.07, 6.45) is 0.512. The van der Waals surface area contributed by atoms with Crippen LogP contribution in [0.5, 0.6) is 0 Å². The van der Waals surface area contributed by atoms with E-state index in [4.69, 9.17) is 9.47 Å². The number of hydrazone groups is 1. The molecule has 128 valence electrons. The zero-order valence-corrected chi connectivity index (χ0v) is 13.0. The van der Waals surface area contributed by atoms with Crippen molar-refractivity contribution in [3.8, 4) is 0 Å². The number of carbonyl (C=O) groups is 1. The second-order valence-electron chi connectivity index (χ2n) is 5.56. The van der Waals surface area contributed by atoms with Gasteiger partial charge < -0.3 is 9.47 Å². The summed E-state index contributed by atoms with van der Waals surface area (Å²) in [6, 6.07) is 6.23. The third-order valence-electron chi connectivity index (χ3n) is 3.89. The summed E-state index contributed by atoms with van der Waals surface area (Å²) in [5, 5.41) is 16.2. The number of ether oxygens (including phenoxy) is 2. The molecule has 2 fully saturated rings. The van der Waals surface area contributed by atoms with Crippen LogP contribution in [0.4, 0.5) is 10.5 Å². The van der Waals surface area contributed by atoms with E-state index < -0.39 is 11.0 Å². The lowest BCUT2D eigenvalue weighted by molar-refractivity contribution is -0.385. The molecule has 2 saturated heterocycles. The Bertz CT molecular complexity index is 645. The lowest BCUT2D eigenvalue weighted by Crippen LogP contribution is -2.41. The average molecular weight is 334 g/mol. The standard InChI is InChI=1S/C15H18N4O5/c20-15-18(11-13(24-15)10-17-5-7-23-8-6-17)16-9-12-3-1-2-4-14(12)19(21)22/h1-4,9,13H,5-8,10-11H2/b16-9-/t13-/m0/s1. The van der Waals surface area contributed by atoms with Gasteiger partial charge in [0.2, 0.25) is 0 Å². The minimum atomic E-state index is -0.539. The minimum absolute atomic E-state index is 0.0568. The summed E-state index contributed by atoms with van der Waals surface area (Å²) >= 11 is 0. The van der Waals surface area contributed by atoms with E-state index >= 15 is 0 Å². The maximum absolute atomic E-state index is 11.9. The molecule has 1 aromatic carbocycles. The highest BCUT2D eigenvalue weighted by Gasteiger charge is 2.32. The van der Waals surface area contributed by atoms with Crippen LogP contribution in [0.3, 0.4) is 0 Å². The summed E-state index contributed by atoms with van der Waals surface area (Å²) in [5.74, 6) is 0. The Morgan fingerprint density at radius 3 is 2.83 bits per heavy atom. The van der Waals surface area contributed by atoms with Gasteiger partial charge in [-0.05, 0) is 6.07 Å². The first-order chi connectivity index (χ1) is 11.6. The molecule has 0 radical (unpaired) electrons. The van der Waals surface area contributed by atoms with E-state index in [0.717, 1.165) is 13.1 Å². The predicted molar refractivity (Wildman–Crippen MR) is 84.9 cm³/mol. The van der Waals surface area contributed by atoms with Crippen LogP contribution in [0.15, 0.2) is 29.4 Å². The Morgan fingerprint density at radius 1 is 1.33 bits per heavy atom. The number of nitrogens with zero attached hydrogens (tertiary/aromatic N) is 4. The van der Waals surface area contributed by atoms with Crippen molar-refractivity contribution in [1.29, 1.82) is 0 Å². The lowest BCUT2D eigenvalue weighted by atomic mass is 10.2. The van der Waals surface area contributed by atoms with E-state index in [1.165, 1.54) is 17.3 Å². The van der Waals surface area contributed by atoms with Crippen LogP contribution in [0, 0.1) is 10.1 Å². The molecule has 1 amide bonds. The van der Waals surface area contributed by atoms with Crippen LogP contribution >= 0.6 is 0 Å². The lowest BCUT2D eigenvalue weighted by Gasteiger charge is -2.27. The Balaban J connectivity index is 1.61. The van der Waals surface area contributed by atoms with Gasteiger partial charge >= 0.3 is 6.09 Å². The number of hydrogen-bond acceptors (Lipinski definition) is 7. The fourth-order valence-corrected chi connectivity index (χ4v) is 2.66. The van der Waals surface area contributed by atoms with Gasteiger partial charge in [-0.2, -0.15) is 10.1 Å². The van der Waals surface area contributed by atoms with Gasteiger partial charge in [-0.15, -0.1) is 0 Å². The Labute approximate surface area is 138 Å². The SMILES string of the molecule is O=C1O[C@@H](CN2CCOCC2)CN1/N=C\c1ccccc1[N+](=O)[O-]. The van der Waals surface area contributed by atoms with E-state index in [0.29, 0.717) is 31.9 Å². The number of rotatable bonds is 5. The zero-order valence-electron chi connectivity index (χ0n) is 13.0. The monoisotopic (exact) mass is 334 g/mol. The topological polar surface area (TPSA) is 97.5 Å². The normalized spacial score (nSPS) is 22.1. The van der Waals surface area contributed by atoms with Crippen molar-refractivity contribution in [2.24, 2.45) is 5.10 Å². The fraction of sp³-hybridized carbons (Fsp3) is 0.467. The van der Waals surface area contributed by atoms with Gasteiger partial charge in [0.15, 0.2) is 0 Å². The molecule has 1 atom stereocenters. The van der Waals surface area contributed by atoms with Gasteiger partial charge in [-0.3, -0.25) is 15.0 Å². The van der Waals surface area contributed by atoms with Crippen LogP contribution in [0.2, 0.25) is 0 Å². The molecule has 9 nitrogen and oxygen atoms in total. The molecule has 2 aliphatic rings. The van der Waals surface area contributed by atoms with E-state index in [9.17, 15) is 14.9 Å². The first-order valence-corrected chi connectivity index (χ1v) is 7.69. The Morgan fingerprint density at radius 2 is 2.08 bits per heavy atom. The molecular formula is C15H18N4O5. The van der Waals surface area contributed by atoms with Crippen molar-refractivity contribution >= 4 is 18.0 Å². The van der Waals surface area contributed by atoms with Gasteiger partial charge in [-0.1, -0.05) is 12.1 Å². The molecule has 0 saturated carbocycles. The fourth-order valence-electron chi connectivity index (χ4n) is 2.66. The van der Waals surface area contributed by atoms with Gasteiger partial charge in [0.25, 0.3) is 5.69 Å². The molecule has 2 aliphatic heterocycles. The second kappa shape index (κ2) is 7.37. The summed E-state index contributed by atoms with van der Waals surface area (Å²) < 4.78 is 10.6. The number of morpholine rings is 1. The molecule has 0 aliphatic carbocycles. The third kappa shape index (κ3) is 3.87. The van der Waals surface area contributed by atoms with E-state index in [1.54, 1.807) is 18.2 Å². The van der Waals surface area contributed by atoms with E-state index in [-0.39, 0.29) is 11.8 Å². The van der Waals surface area contributed by atoms with Crippen LogP contribution in [-0.4, -0.2) is 72.6 Å². The number of benzene rings is 1. The molecule has 0 unspecified atom stereocenters. The van der Waals surface area contributed by atoms with Crippen LogP contribution in [0.25, 0.3) is 0 Å². The summed E-state index contributed by atoms with van der Waals surface area (Å²) in [5.41, 5.74) is 0.283. The zero-order chi connectivity index (χ0) is 16.9. The number of cyclic esters (lactones) is 1. The van der Waals surface area contributed by atoms with Gasteiger partial charge in [0, 0.05) is 25.7 Å². The highest BCUT2D eigenvalue weighted by molar-refractivity contribution is 5.86.